The average molecular weight is 516 g/mol. The van der Waals surface area contributed by atoms with Gasteiger partial charge in [-0.1, -0.05) is 24.4 Å². The molecule has 0 atom stereocenters. The number of H-pyrrole nitrogens is 1. The number of imidazole rings is 1. The van der Waals surface area contributed by atoms with Crippen LogP contribution >= 0.6 is 11.6 Å². The Labute approximate surface area is 216 Å². The lowest BCUT2D eigenvalue weighted by atomic mass is 10.1. The lowest BCUT2D eigenvalue weighted by Crippen LogP contribution is -2.24. The van der Waals surface area contributed by atoms with E-state index in [2.05, 4.69) is 30.4 Å². The summed E-state index contributed by atoms with van der Waals surface area (Å²) >= 11 is 6.40. The van der Waals surface area contributed by atoms with Crippen LogP contribution in [0.2, 0.25) is 5.02 Å². The van der Waals surface area contributed by atoms with E-state index in [0.717, 1.165) is 41.0 Å². The van der Waals surface area contributed by atoms with Gasteiger partial charge < -0.3 is 10.3 Å². The van der Waals surface area contributed by atoms with Crippen LogP contribution in [0.1, 0.15) is 53.5 Å². The molecule has 1 fully saturated rings. The number of aromatic nitrogens is 6. The molecule has 186 valence electrons. The van der Waals surface area contributed by atoms with Gasteiger partial charge in [0.2, 0.25) is 0 Å². The second-order valence-electron chi connectivity index (χ2n) is 9.21. The van der Waals surface area contributed by atoms with Crippen LogP contribution in [0.4, 0.5) is 4.39 Å². The molecule has 2 aromatic carbocycles. The zero-order chi connectivity index (χ0) is 25.4. The quantitative estimate of drug-likeness (QED) is 0.307. The van der Waals surface area contributed by atoms with Crippen molar-refractivity contribution in [3.05, 3.63) is 89.1 Å². The number of nitrogens with zero attached hydrogens (tertiary/aromatic N) is 5. The van der Waals surface area contributed by atoms with Crippen LogP contribution in [-0.2, 0) is 6.54 Å². The first kappa shape index (κ1) is 23.3. The SMILES string of the molecule is O=C(NCc1cc(Cl)cc(-c2cnn(-c3ccc(F)cc3)c2)c1)c1ncnc2nc(C3CCCC3)[nH]c12. The van der Waals surface area contributed by atoms with Crippen LogP contribution in [0.5, 0.6) is 0 Å². The van der Waals surface area contributed by atoms with E-state index in [0.29, 0.717) is 22.1 Å². The Balaban J connectivity index is 1.20. The van der Waals surface area contributed by atoms with Gasteiger partial charge in [0.15, 0.2) is 11.3 Å². The summed E-state index contributed by atoms with van der Waals surface area (Å²) in [7, 11) is 0. The van der Waals surface area contributed by atoms with Gasteiger partial charge >= 0.3 is 0 Å². The maximum atomic E-state index is 13.3. The molecule has 2 N–H and O–H groups in total. The van der Waals surface area contributed by atoms with Crippen LogP contribution in [0.3, 0.4) is 0 Å². The van der Waals surface area contributed by atoms with Crippen LogP contribution in [0.25, 0.3) is 28.0 Å². The van der Waals surface area contributed by atoms with Gasteiger partial charge in [-0.25, -0.2) is 24.0 Å². The van der Waals surface area contributed by atoms with Crippen LogP contribution < -0.4 is 5.32 Å². The Kier molecular flexibility index (Phi) is 6.13. The molecule has 0 saturated heterocycles. The smallest absolute Gasteiger partial charge is 0.272 e. The number of fused-ring (bicyclic) bond motifs is 1. The molecule has 1 amide bonds. The predicted molar refractivity (Wildman–Crippen MR) is 138 cm³/mol. The molecule has 8 nitrogen and oxygen atoms in total. The lowest BCUT2D eigenvalue weighted by Gasteiger charge is -2.08. The lowest BCUT2D eigenvalue weighted by molar-refractivity contribution is 0.0947. The van der Waals surface area contributed by atoms with Gasteiger partial charge in [0.05, 0.1) is 11.9 Å². The monoisotopic (exact) mass is 515 g/mol. The fourth-order valence-electron chi connectivity index (χ4n) is 4.80. The highest BCUT2D eigenvalue weighted by molar-refractivity contribution is 6.31. The topological polar surface area (TPSA) is 101 Å². The van der Waals surface area contributed by atoms with E-state index in [1.807, 2.05) is 18.3 Å². The van der Waals surface area contributed by atoms with Crippen LogP contribution in [-0.4, -0.2) is 35.6 Å². The van der Waals surface area contributed by atoms with Gasteiger partial charge in [-0.15, -0.1) is 0 Å². The molecular weight excluding hydrogens is 493 g/mol. The summed E-state index contributed by atoms with van der Waals surface area (Å²) in [4.78, 5) is 29.4. The molecule has 0 aliphatic heterocycles. The third kappa shape index (κ3) is 4.82. The van der Waals surface area contributed by atoms with Crippen molar-refractivity contribution in [1.29, 1.82) is 0 Å². The van der Waals surface area contributed by atoms with E-state index >= 15 is 0 Å². The molecule has 6 rings (SSSR count). The van der Waals surface area contributed by atoms with Gasteiger partial charge in [0.25, 0.3) is 5.91 Å². The summed E-state index contributed by atoms with van der Waals surface area (Å²) in [6, 6.07) is 11.7. The minimum Gasteiger partial charge on any atom is -0.347 e. The summed E-state index contributed by atoms with van der Waals surface area (Å²) in [5, 5.41) is 7.86. The fraction of sp³-hybridized carbons (Fsp3) is 0.222. The highest BCUT2D eigenvalue weighted by atomic mass is 35.5. The predicted octanol–water partition coefficient (Wildman–Crippen LogP) is 5.59. The minimum absolute atomic E-state index is 0.258. The van der Waals surface area contributed by atoms with E-state index in [4.69, 9.17) is 11.6 Å². The molecule has 0 radical (unpaired) electrons. The highest BCUT2D eigenvalue weighted by Crippen LogP contribution is 2.33. The first-order valence-electron chi connectivity index (χ1n) is 12.1. The molecule has 3 aromatic heterocycles. The minimum atomic E-state index is -0.320. The number of rotatable bonds is 6. The Morgan fingerprint density at radius 2 is 1.92 bits per heavy atom. The molecule has 0 unspecified atom stereocenters. The molecule has 5 aromatic rings. The summed E-state index contributed by atoms with van der Waals surface area (Å²) in [6.45, 7) is 0.258. The largest absolute Gasteiger partial charge is 0.347 e. The van der Waals surface area contributed by atoms with Gasteiger partial charge in [-0.2, -0.15) is 5.10 Å². The molecule has 1 aliphatic carbocycles. The Morgan fingerprint density at radius 3 is 2.73 bits per heavy atom. The first-order valence-corrected chi connectivity index (χ1v) is 12.5. The number of amides is 1. The summed E-state index contributed by atoms with van der Waals surface area (Å²) in [6.07, 6.45) is 9.50. The fourth-order valence-corrected chi connectivity index (χ4v) is 5.06. The van der Waals surface area contributed by atoms with Crippen molar-refractivity contribution in [1.82, 2.24) is 35.0 Å². The van der Waals surface area contributed by atoms with Crippen molar-refractivity contribution in [2.75, 3.05) is 0 Å². The second-order valence-corrected chi connectivity index (χ2v) is 9.64. The average Bonchev–Trinajstić information content (AvgIpc) is 3.67. The summed E-state index contributed by atoms with van der Waals surface area (Å²) < 4.78 is 14.9. The molecule has 10 heteroatoms. The van der Waals surface area contributed by atoms with Crippen LogP contribution in [0, 0.1) is 5.82 Å². The second kappa shape index (κ2) is 9.74. The van der Waals surface area contributed by atoms with Gasteiger partial charge in [0, 0.05) is 29.2 Å². The number of nitrogens with one attached hydrogen (secondary N) is 2. The number of hydrogen-bond acceptors (Lipinski definition) is 5. The van der Waals surface area contributed by atoms with Crippen LogP contribution in [0.15, 0.2) is 61.2 Å². The van der Waals surface area contributed by atoms with E-state index in [9.17, 15) is 9.18 Å². The van der Waals surface area contributed by atoms with Crippen molar-refractivity contribution < 1.29 is 9.18 Å². The number of carbonyl (C=O) groups is 1. The molecule has 37 heavy (non-hydrogen) atoms. The standard InChI is InChI=1S/C27H23ClFN7O/c28-20-10-16(9-18(11-20)19-13-33-36(14-19)22-7-5-21(29)6-8-22)12-30-27(37)24-23-26(32-15-31-24)35-25(34-23)17-3-1-2-4-17/h5-11,13-15,17H,1-4,12H2,(H,30,37)(H,31,32,34,35). The third-order valence-electron chi connectivity index (χ3n) is 6.68. The molecule has 0 spiro atoms. The third-order valence-corrected chi connectivity index (χ3v) is 6.90. The Bertz CT molecular complexity index is 1590. The number of halogens is 2. The zero-order valence-corrected chi connectivity index (χ0v) is 20.5. The summed E-state index contributed by atoms with van der Waals surface area (Å²) in [5.74, 6) is 0.631. The van der Waals surface area contributed by atoms with Gasteiger partial charge in [-0.05, 0) is 66.4 Å². The van der Waals surface area contributed by atoms with E-state index in [1.54, 1.807) is 29.1 Å². The normalized spacial score (nSPS) is 13.9. The summed E-state index contributed by atoms with van der Waals surface area (Å²) in [5.41, 5.74) is 4.59. The number of benzene rings is 2. The molecule has 1 aliphatic rings. The van der Waals surface area contributed by atoms with Crippen molar-refractivity contribution >= 4 is 28.7 Å². The van der Waals surface area contributed by atoms with Gasteiger partial charge in [0.1, 0.15) is 23.5 Å². The van der Waals surface area contributed by atoms with Crippen molar-refractivity contribution in [3.8, 4) is 16.8 Å². The van der Waals surface area contributed by atoms with Crippen molar-refractivity contribution in [2.45, 2.75) is 38.1 Å². The molecule has 3 heterocycles. The molecule has 1 saturated carbocycles. The first-order chi connectivity index (χ1) is 18.0. The van der Waals surface area contributed by atoms with E-state index in [-0.39, 0.29) is 24.0 Å². The maximum Gasteiger partial charge on any atom is 0.272 e. The van der Waals surface area contributed by atoms with Gasteiger partial charge in [-0.3, -0.25) is 4.79 Å². The molecule has 0 bridgehead atoms. The Morgan fingerprint density at radius 1 is 1.11 bits per heavy atom. The maximum absolute atomic E-state index is 13.3. The Hall–Kier alpha value is -4.11. The zero-order valence-electron chi connectivity index (χ0n) is 19.8. The van der Waals surface area contributed by atoms with Crippen molar-refractivity contribution in [2.24, 2.45) is 0 Å². The van der Waals surface area contributed by atoms with Crippen molar-refractivity contribution in [3.63, 3.8) is 0 Å². The van der Waals surface area contributed by atoms with E-state index < -0.39 is 0 Å². The number of carbonyl (C=O) groups excluding carboxylic acids is 1. The van der Waals surface area contributed by atoms with E-state index in [1.165, 1.54) is 31.3 Å². The number of aromatic amines is 1. The highest BCUT2D eigenvalue weighted by Gasteiger charge is 2.23. The number of hydrogen-bond donors (Lipinski definition) is 2. The molecular formula is C27H23ClFN7O.